The maximum Gasteiger partial charge on any atom is 0.147 e. The lowest BCUT2D eigenvalue weighted by molar-refractivity contribution is 0.463. The summed E-state index contributed by atoms with van der Waals surface area (Å²) in [6.07, 6.45) is 7.66. The first-order valence-electron chi connectivity index (χ1n) is 6.97. The molecule has 4 nitrogen and oxygen atoms in total. The van der Waals surface area contributed by atoms with Crippen LogP contribution in [0.25, 0.3) is 0 Å². The molecule has 94 valence electrons. The van der Waals surface area contributed by atoms with Crippen LogP contribution in [0.2, 0.25) is 0 Å². The number of hydrogen-bond acceptors (Lipinski definition) is 3. The van der Waals surface area contributed by atoms with Crippen molar-refractivity contribution in [1.82, 2.24) is 20.1 Å². The highest BCUT2D eigenvalue weighted by Gasteiger charge is 2.22. The van der Waals surface area contributed by atoms with Crippen LogP contribution in [0, 0.1) is 5.92 Å². The average molecular weight is 234 g/mol. The van der Waals surface area contributed by atoms with E-state index in [2.05, 4.69) is 27.0 Å². The van der Waals surface area contributed by atoms with Crippen LogP contribution in [0.3, 0.4) is 0 Å². The van der Waals surface area contributed by atoms with Crippen LogP contribution < -0.4 is 5.32 Å². The van der Waals surface area contributed by atoms with Crippen molar-refractivity contribution in [1.29, 1.82) is 0 Å². The summed E-state index contributed by atoms with van der Waals surface area (Å²) >= 11 is 0. The number of aryl methyl sites for hydroxylation is 1. The molecule has 2 atom stereocenters. The monoisotopic (exact) mass is 234 g/mol. The summed E-state index contributed by atoms with van der Waals surface area (Å²) < 4.78 is 2.31. The van der Waals surface area contributed by atoms with E-state index >= 15 is 0 Å². The number of fused-ring (bicyclic) bond motifs is 1. The van der Waals surface area contributed by atoms with E-state index in [1.807, 2.05) is 0 Å². The van der Waals surface area contributed by atoms with Crippen molar-refractivity contribution < 1.29 is 0 Å². The topological polar surface area (TPSA) is 42.7 Å². The second-order valence-electron chi connectivity index (χ2n) is 5.64. The molecule has 0 saturated heterocycles. The molecule has 3 rings (SSSR count). The molecule has 0 bridgehead atoms. The van der Waals surface area contributed by atoms with Crippen LogP contribution in [0.5, 0.6) is 0 Å². The molecule has 4 heteroatoms. The van der Waals surface area contributed by atoms with Gasteiger partial charge in [0.1, 0.15) is 11.6 Å². The van der Waals surface area contributed by atoms with Crippen molar-refractivity contribution in [3.8, 4) is 0 Å². The Morgan fingerprint density at radius 3 is 3.06 bits per heavy atom. The molecule has 1 N–H and O–H groups in total. The van der Waals surface area contributed by atoms with E-state index < -0.39 is 0 Å². The van der Waals surface area contributed by atoms with Crippen LogP contribution in [0.15, 0.2) is 0 Å². The van der Waals surface area contributed by atoms with E-state index in [1.54, 1.807) is 0 Å². The summed E-state index contributed by atoms with van der Waals surface area (Å²) in [6, 6.07) is 0.696. The van der Waals surface area contributed by atoms with Crippen molar-refractivity contribution >= 4 is 0 Å². The van der Waals surface area contributed by atoms with Crippen molar-refractivity contribution in [2.45, 2.75) is 64.6 Å². The van der Waals surface area contributed by atoms with Crippen molar-refractivity contribution in [2.24, 2.45) is 5.92 Å². The fourth-order valence-corrected chi connectivity index (χ4v) is 3.13. The van der Waals surface area contributed by atoms with E-state index in [0.717, 1.165) is 31.3 Å². The highest BCUT2D eigenvalue weighted by Crippen LogP contribution is 2.24. The molecule has 2 aliphatic rings. The molecule has 1 aromatic heterocycles. The zero-order valence-electron chi connectivity index (χ0n) is 10.7. The summed E-state index contributed by atoms with van der Waals surface area (Å²) in [5.74, 6) is 3.21. The van der Waals surface area contributed by atoms with Crippen molar-refractivity contribution in [3.63, 3.8) is 0 Å². The third-order valence-electron chi connectivity index (χ3n) is 4.18. The van der Waals surface area contributed by atoms with Gasteiger partial charge in [-0.2, -0.15) is 0 Å². The molecule has 2 unspecified atom stereocenters. The first-order chi connectivity index (χ1) is 8.33. The van der Waals surface area contributed by atoms with Gasteiger partial charge < -0.3 is 9.88 Å². The van der Waals surface area contributed by atoms with E-state index in [1.165, 1.54) is 37.9 Å². The largest absolute Gasteiger partial charge is 0.314 e. The number of nitrogens with zero attached hydrogens (tertiary/aromatic N) is 3. The van der Waals surface area contributed by atoms with Gasteiger partial charge in [0.05, 0.1) is 6.54 Å². The number of rotatable bonds is 3. The lowest BCUT2D eigenvalue weighted by Gasteiger charge is -2.16. The summed E-state index contributed by atoms with van der Waals surface area (Å²) in [5, 5.41) is 12.3. The molecule has 17 heavy (non-hydrogen) atoms. The minimum Gasteiger partial charge on any atom is -0.314 e. The highest BCUT2D eigenvalue weighted by atomic mass is 15.3. The molecule has 1 aliphatic heterocycles. The Kier molecular flexibility index (Phi) is 3.14. The van der Waals surface area contributed by atoms with Gasteiger partial charge in [-0.1, -0.05) is 6.92 Å². The third-order valence-corrected chi connectivity index (χ3v) is 4.18. The van der Waals surface area contributed by atoms with Gasteiger partial charge in [0.15, 0.2) is 0 Å². The second kappa shape index (κ2) is 4.77. The number of aromatic nitrogens is 3. The molecule has 0 aromatic carbocycles. The average Bonchev–Trinajstić information content (AvgIpc) is 2.93. The zero-order chi connectivity index (χ0) is 11.7. The standard InChI is InChI=1S/C13H22N4/c1-10-5-6-11(8-10)14-9-13-16-15-12-4-2-3-7-17(12)13/h10-11,14H,2-9H2,1H3. The highest BCUT2D eigenvalue weighted by molar-refractivity contribution is 4.99. The molecule has 1 aromatic rings. The quantitative estimate of drug-likeness (QED) is 0.868. The third kappa shape index (κ3) is 2.37. The first kappa shape index (κ1) is 11.2. The van der Waals surface area contributed by atoms with Crippen LogP contribution in [-0.4, -0.2) is 20.8 Å². The second-order valence-corrected chi connectivity index (χ2v) is 5.64. The Morgan fingerprint density at radius 2 is 2.24 bits per heavy atom. The molecule has 1 fully saturated rings. The molecule has 0 radical (unpaired) electrons. The van der Waals surface area contributed by atoms with Crippen LogP contribution in [0.1, 0.15) is 50.7 Å². The van der Waals surface area contributed by atoms with Gasteiger partial charge >= 0.3 is 0 Å². The maximum absolute atomic E-state index is 4.33. The van der Waals surface area contributed by atoms with Crippen molar-refractivity contribution in [2.75, 3.05) is 0 Å². The number of hydrogen-bond donors (Lipinski definition) is 1. The maximum atomic E-state index is 4.33. The van der Waals surface area contributed by atoms with Gasteiger partial charge in [-0.3, -0.25) is 0 Å². The molecular weight excluding hydrogens is 212 g/mol. The predicted octanol–water partition coefficient (Wildman–Crippen LogP) is 1.89. The first-order valence-corrected chi connectivity index (χ1v) is 6.97. The fourth-order valence-electron chi connectivity index (χ4n) is 3.13. The van der Waals surface area contributed by atoms with Gasteiger partial charge in [-0.15, -0.1) is 10.2 Å². The van der Waals surface area contributed by atoms with Crippen LogP contribution >= 0.6 is 0 Å². The molecule has 0 amide bonds. The summed E-state index contributed by atoms with van der Waals surface area (Å²) in [5.41, 5.74) is 0. The molecule has 2 heterocycles. The van der Waals surface area contributed by atoms with Gasteiger partial charge in [0.25, 0.3) is 0 Å². The Labute approximate surface area is 103 Å². The summed E-state index contributed by atoms with van der Waals surface area (Å²) in [6.45, 7) is 4.35. The lowest BCUT2D eigenvalue weighted by Crippen LogP contribution is -2.28. The molecule has 1 saturated carbocycles. The Morgan fingerprint density at radius 1 is 1.29 bits per heavy atom. The van der Waals surface area contributed by atoms with Crippen LogP contribution in [-0.2, 0) is 19.5 Å². The van der Waals surface area contributed by atoms with Gasteiger partial charge in [-0.05, 0) is 38.0 Å². The van der Waals surface area contributed by atoms with E-state index in [0.29, 0.717) is 6.04 Å². The van der Waals surface area contributed by atoms with E-state index in [-0.39, 0.29) is 0 Å². The minimum absolute atomic E-state index is 0.696. The number of nitrogens with one attached hydrogen (secondary N) is 1. The van der Waals surface area contributed by atoms with Gasteiger partial charge in [-0.25, -0.2) is 0 Å². The SMILES string of the molecule is CC1CCC(NCc2nnc3n2CCCC3)C1. The Balaban J connectivity index is 1.60. The molecule has 1 aliphatic carbocycles. The Hall–Kier alpha value is -0.900. The van der Waals surface area contributed by atoms with Crippen LogP contribution in [0.4, 0.5) is 0 Å². The smallest absolute Gasteiger partial charge is 0.147 e. The zero-order valence-corrected chi connectivity index (χ0v) is 10.7. The Bertz CT molecular complexity index is 385. The van der Waals surface area contributed by atoms with Crippen molar-refractivity contribution in [3.05, 3.63) is 11.6 Å². The van der Waals surface area contributed by atoms with E-state index in [4.69, 9.17) is 0 Å². The van der Waals surface area contributed by atoms with E-state index in [9.17, 15) is 0 Å². The minimum atomic E-state index is 0.696. The van der Waals surface area contributed by atoms with Gasteiger partial charge in [0, 0.05) is 19.0 Å². The summed E-state index contributed by atoms with van der Waals surface area (Å²) in [7, 11) is 0. The summed E-state index contributed by atoms with van der Waals surface area (Å²) in [4.78, 5) is 0. The molecular formula is C13H22N4. The lowest BCUT2D eigenvalue weighted by atomic mass is 10.1. The fraction of sp³-hybridized carbons (Fsp3) is 0.846. The predicted molar refractivity (Wildman–Crippen MR) is 66.6 cm³/mol. The molecule has 0 spiro atoms. The normalized spacial score (nSPS) is 28.3. The van der Waals surface area contributed by atoms with Gasteiger partial charge in [0.2, 0.25) is 0 Å².